The molecule has 0 fully saturated rings. The first-order valence-corrected chi connectivity index (χ1v) is 8.57. The topological polar surface area (TPSA) is 118 Å². The highest BCUT2D eigenvalue weighted by atomic mass is 16.4. The van der Waals surface area contributed by atoms with Crippen LogP contribution in [0.15, 0.2) is 65.2 Å². The Kier molecular flexibility index (Phi) is 3.42. The highest BCUT2D eigenvalue weighted by Gasteiger charge is 2.21. The van der Waals surface area contributed by atoms with Crippen molar-refractivity contribution in [2.24, 2.45) is 0 Å². The SMILES string of the molecule is Nc1nccc(-c2cc(C(=O)O)c(-c3cccc4oc5ccccc5c34)[nH]2)n1. The van der Waals surface area contributed by atoms with Gasteiger partial charge >= 0.3 is 5.97 Å². The van der Waals surface area contributed by atoms with Crippen molar-refractivity contribution < 1.29 is 14.3 Å². The van der Waals surface area contributed by atoms with E-state index >= 15 is 0 Å². The molecular formula is C21H14N4O3. The van der Waals surface area contributed by atoms with Gasteiger partial charge < -0.3 is 20.2 Å². The van der Waals surface area contributed by atoms with Crippen LogP contribution in [0.2, 0.25) is 0 Å². The number of nitrogens with two attached hydrogens (primary N) is 1. The normalized spacial score (nSPS) is 11.3. The standard InChI is InChI=1S/C21H14N4O3/c22-21-23-9-8-14(25-21)15-10-13(20(26)27)19(24-15)12-5-3-7-17-18(12)11-4-1-2-6-16(11)28-17/h1-10,24H,(H,26,27)(H2,22,23,25). The van der Waals surface area contributed by atoms with Gasteiger partial charge in [-0.25, -0.2) is 14.8 Å². The summed E-state index contributed by atoms with van der Waals surface area (Å²) in [5.74, 6) is -0.919. The molecule has 0 aliphatic rings. The van der Waals surface area contributed by atoms with E-state index in [9.17, 15) is 9.90 Å². The first-order valence-electron chi connectivity index (χ1n) is 8.57. The van der Waals surface area contributed by atoms with Crippen LogP contribution in [0.25, 0.3) is 44.6 Å². The summed E-state index contributed by atoms with van der Waals surface area (Å²) in [5.41, 5.74) is 9.55. The van der Waals surface area contributed by atoms with Gasteiger partial charge in [0, 0.05) is 22.5 Å². The Bertz CT molecular complexity index is 1370. The summed E-state index contributed by atoms with van der Waals surface area (Å²) in [6.07, 6.45) is 1.53. The van der Waals surface area contributed by atoms with Crippen LogP contribution < -0.4 is 5.73 Å². The fourth-order valence-corrected chi connectivity index (χ4v) is 3.48. The number of aromatic carboxylic acids is 1. The maximum atomic E-state index is 11.9. The van der Waals surface area contributed by atoms with Gasteiger partial charge in [0.1, 0.15) is 11.2 Å². The number of aromatic nitrogens is 3. The van der Waals surface area contributed by atoms with Crippen molar-refractivity contribution in [3.63, 3.8) is 0 Å². The molecule has 136 valence electrons. The van der Waals surface area contributed by atoms with E-state index in [1.54, 1.807) is 12.1 Å². The second kappa shape index (κ2) is 5.95. The van der Waals surface area contributed by atoms with Crippen molar-refractivity contribution >= 4 is 33.9 Å². The van der Waals surface area contributed by atoms with Gasteiger partial charge in [-0.15, -0.1) is 0 Å². The minimum atomic E-state index is -1.04. The molecule has 5 aromatic rings. The van der Waals surface area contributed by atoms with Crippen molar-refractivity contribution in [2.75, 3.05) is 5.73 Å². The van der Waals surface area contributed by atoms with Crippen LogP contribution in [0.4, 0.5) is 5.95 Å². The summed E-state index contributed by atoms with van der Waals surface area (Å²) >= 11 is 0. The molecule has 0 saturated heterocycles. The van der Waals surface area contributed by atoms with E-state index in [1.807, 2.05) is 42.5 Å². The molecule has 2 aromatic carbocycles. The van der Waals surface area contributed by atoms with Crippen LogP contribution >= 0.6 is 0 Å². The Morgan fingerprint density at radius 1 is 1.07 bits per heavy atom. The lowest BCUT2D eigenvalue weighted by Crippen LogP contribution is -1.96. The monoisotopic (exact) mass is 370 g/mol. The highest BCUT2D eigenvalue weighted by Crippen LogP contribution is 2.38. The van der Waals surface area contributed by atoms with Crippen LogP contribution in [0.3, 0.4) is 0 Å². The van der Waals surface area contributed by atoms with Crippen molar-refractivity contribution in [2.45, 2.75) is 0 Å². The summed E-state index contributed by atoms with van der Waals surface area (Å²) < 4.78 is 5.92. The number of hydrogen-bond acceptors (Lipinski definition) is 5. The van der Waals surface area contributed by atoms with E-state index in [-0.39, 0.29) is 11.5 Å². The maximum Gasteiger partial charge on any atom is 0.337 e. The number of nitrogens with one attached hydrogen (secondary N) is 1. The molecule has 0 radical (unpaired) electrons. The zero-order chi connectivity index (χ0) is 19.3. The molecule has 0 aliphatic heterocycles. The molecule has 0 amide bonds. The zero-order valence-electron chi connectivity index (χ0n) is 14.5. The molecular weight excluding hydrogens is 356 g/mol. The molecule has 0 bridgehead atoms. The Morgan fingerprint density at radius 3 is 2.71 bits per heavy atom. The van der Waals surface area contributed by atoms with E-state index < -0.39 is 5.97 Å². The molecule has 0 saturated carbocycles. The molecule has 0 unspecified atom stereocenters. The molecule has 7 heteroatoms. The molecule has 0 atom stereocenters. The van der Waals surface area contributed by atoms with Crippen LogP contribution in [-0.4, -0.2) is 26.0 Å². The number of nitrogen functional groups attached to an aromatic ring is 1. The third-order valence-electron chi connectivity index (χ3n) is 4.67. The van der Waals surface area contributed by atoms with Gasteiger partial charge in [0.05, 0.1) is 22.6 Å². The quantitative estimate of drug-likeness (QED) is 0.435. The summed E-state index contributed by atoms with van der Waals surface area (Å²) in [5, 5.41) is 11.6. The number of anilines is 1. The van der Waals surface area contributed by atoms with Gasteiger partial charge in [0.15, 0.2) is 0 Å². The Balaban J connectivity index is 1.81. The van der Waals surface area contributed by atoms with Gasteiger partial charge in [0.25, 0.3) is 0 Å². The highest BCUT2D eigenvalue weighted by molar-refractivity contribution is 6.14. The molecule has 28 heavy (non-hydrogen) atoms. The number of carboxylic acids is 1. The van der Waals surface area contributed by atoms with E-state index in [0.717, 1.165) is 21.9 Å². The van der Waals surface area contributed by atoms with Gasteiger partial charge in [-0.05, 0) is 24.3 Å². The number of furan rings is 1. The average Bonchev–Trinajstić information content (AvgIpc) is 3.30. The lowest BCUT2D eigenvalue weighted by Gasteiger charge is -2.04. The van der Waals surface area contributed by atoms with Gasteiger partial charge in [0.2, 0.25) is 5.95 Å². The predicted molar refractivity (Wildman–Crippen MR) is 106 cm³/mol. The number of hydrogen-bond donors (Lipinski definition) is 3. The number of H-pyrrole nitrogens is 1. The number of nitrogens with zero attached hydrogens (tertiary/aromatic N) is 2. The summed E-state index contributed by atoms with van der Waals surface area (Å²) in [6, 6.07) is 16.5. The van der Waals surface area contributed by atoms with Crippen molar-refractivity contribution in [1.82, 2.24) is 15.0 Å². The second-order valence-corrected chi connectivity index (χ2v) is 6.35. The molecule has 3 aromatic heterocycles. The van der Waals surface area contributed by atoms with Crippen LogP contribution in [0.5, 0.6) is 0 Å². The predicted octanol–water partition coefficient (Wildman–Crippen LogP) is 4.32. The molecule has 7 nitrogen and oxygen atoms in total. The summed E-state index contributed by atoms with van der Waals surface area (Å²) in [7, 11) is 0. The van der Waals surface area contributed by atoms with Crippen molar-refractivity contribution in [3.05, 3.63) is 66.4 Å². The second-order valence-electron chi connectivity index (χ2n) is 6.35. The lowest BCUT2D eigenvalue weighted by molar-refractivity contribution is 0.0698. The van der Waals surface area contributed by atoms with E-state index in [4.69, 9.17) is 10.2 Å². The number of aromatic amines is 1. The van der Waals surface area contributed by atoms with Crippen molar-refractivity contribution in [3.8, 4) is 22.6 Å². The number of fused-ring (bicyclic) bond motifs is 3. The van der Waals surface area contributed by atoms with E-state index in [2.05, 4.69) is 15.0 Å². The zero-order valence-corrected chi connectivity index (χ0v) is 14.5. The number of rotatable bonds is 3. The summed E-state index contributed by atoms with van der Waals surface area (Å²) in [4.78, 5) is 23.2. The van der Waals surface area contributed by atoms with E-state index in [0.29, 0.717) is 22.7 Å². The third kappa shape index (κ3) is 2.41. The van der Waals surface area contributed by atoms with Crippen LogP contribution in [0.1, 0.15) is 10.4 Å². The van der Waals surface area contributed by atoms with Gasteiger partial charge in [-0.1, -0.05) is 30.3 Å². The molecule has 4 N–H and O–H groups in total. The molecule has 5 rings (SSSR count). The van der Waals surface area contributed by atoms with Crippen LogP contribution in [-0.2, 0) is 0 Å². The Labute approximate surface area is 158 Å². The number of para-hydroxylation sites is 1. The summed E-state index contributed by atoms with van der Waals surface area (Å²) in [6.45, 7) is 0. The third-order valence-corrected chi connectivity index (χ3v) is 4.67. The van der Waals surface area contributed by atoms with Gasteiger partial charge in [-0.3, -0.25) is 0 Å². The number of carbonyl (C=O) groups is 1. The Hall–Kier alpha value is -4.13. The number of carboxylic acid groups (broad SMARTS) is 1. The molecule has 0 spiro atoms. The average molecular weight is 370 g/mol. The minimum absolute atomic E-state index is 0.119. The Morgan fingerprint density at radius 2 is 1.89 bits per heavy atom. The first-order chi connectivity index (χ1) is 13.6. The molecule has 0 aliphatic carbocycles. The fraction of sp³-hybridized carbons (Fsp3) is 0. The minimum Gasteiger partial charge on any atom is -0.478 e. The lowest BCUT2D eigenvalue weighted by atomic mass is 10.0. The van der Waals surface area contributed by atoms with Crippen LogP contribution in [0, 0.1) is 0 Å². The van der Waals surface area contributed by atoms with Crippen molar-refractivity contribution in [1.29, 1.82) is 0 Å². The smallest absolute Gasteiger partial charge is 0.337 e. The fourth-order valence-electron chi connectivity index (χ4n) is 3.48. The van der Waals surface area contributed by atoms with Gasteiger partial charge in [-0.2, -0.15) is 0 Å². The maximum absolute atomic E-state index is 11.9. The first kappa shape index (κ1) is 16.1. The van der Waals surface area contributed by atoms with E-state index in [1.165, 1.54) is 6.20 Å². The number of benzene rings is 2. The largest absolute Gasteiger partial charge is 0.478 e. The molecule has 3 heterocycles.